The molecule has 1 amide bonds. The summed E-state index contributed by atoms with van der Waals surface area (Å²) in [4.78, 5) is 41.8. The van der Waals surface area contributed by atoms with E-state index in [1.54, 1.807) is 12.1 Å². The van der Waals surface area contributed by atoms with E-state index in [2.05, 4.69) is 5.48 Å². The lowest BCUT2D eigenvalue weighted by Gasteiger charge is -2.27. The highest BCUT2D eigenvalue weighted by Gasteiger charge is 2.27. The molecular weight excluding hydrogens is 430 g/mol. The quantitative estimate of drug-likeness (QED) is 0.268. The second-order valence-electron chi connectivity index (χ2n) is 8.48. The zero-order chi connectivity index (χ0) is 23.9. The van der Waals surface area contributed by atoms with E-state index in [-0.39, 0.29) is 23.8 Å². The Morgan fingerprint density at radius 3 is 2.18 bits per heavy atom. The number of amides is 1. The van der Waals surface area contributed by atoms with Crippen LogP contribution in [0.1, 0.15) is 70.3 Å². The van der Waals surface area contributed by atoms with Gasteiger partial charge in [0.05, 0.1) is 0 Å². The molecule has 0 fully saturated rings. The molecule has 0 saturated carbocycles. The number of carbonyl (C=O) groups excluding carboxylic acids is 2. The van der Waals surface area contributed by atoms with Gasteiger partial charge in [0.1, 0.15) is 6.10 Å². The van der Waals surface area contributed by atoms with E-state index in [1.807, 2.05) is 66.7 Å². The van der Waals surface area contributed by atoms with Crippen molar-refractivity contribution >= 4 is 17.7 Å². The molecule has 34 heavy (non-hydrogen) atoms. The molecule has 174 valence electrons. The normalized spacial score (nSPS) is 14.9. The Balaban J connectivity index is 1.41. The van der Waals surface area contributed by atoms with E-state index >= 15 is 0 Å². The zero-order valence-corrected chi connectivity index (χ0v) is 18.8. The van der Waals surface area contributed by atoms with E-state index in [1.165, 1.54) is 0 Å². The Morgan fingerprint density at radius 1 is 0.912 bits per heavy atom. The molecule has 2 N–H and O–H groups in total. The minimum Gasteiger partial charge on any atom is -0.475 e. The first-order valence-electron chi connectivity index (χ1n) is 11.5. The first-order chi connectivity index (χ1) is 16.5. The monoisotopic (exact) mass is 457 g/mol. The summed E-state index contributed by atoms with van der Waals surface area (Å²) in [6.45, 7) is 0. The lowest BCUT2D eigenvalue weighted by Crippen LogP contribution is -2.27. The van der Waals surface area contributed by atoms with Crippen LogP contribution in [-0.2, 0) is 20.8 Å². The van der Waals surface area contributed by atoms with Gasteiger partial charge in [-0.3, -0.25) is 14.4 Å². The lowest BCUT2D eigenvalue weighted by atomic mass is 9.78. The number of ketones is 1. The van der Waals surface area contributed by atoms with Gasteiger partial charge in [0.25, 0.3) is 5.78 Å². The van der Waals surface area contributed by atoms with Crippen LogP contribution < -0.4 is 5.48 Å². The van der Waals surface area contributed by atoms with Gasteiger partial charge >= 0.3 is 5.97 Å². The molecule has 0 bridgehead atoms. The first-order valence-corrected chi connectivity index (χ1v) is 11.5. The van der Waals surface area contributed by atoms with Crippen LogP contribution in [0.3, 0.4) is 0 Å². The fourth-order valence-electron chi connectivity index (χ4n) is 4.64. The maximum Gasteiger partial charge on any atom is 0.377 e. The topological polar surface area (TPSA) is 92.7 Å². The molecule has 3 aromatic rings. The van der Waals surface area contributed by atoms with Crippen LogP contribution in [0.2, 0.25) is 0 Å². The van der Waals surface area contributed by atoms with Crippen molar-refractivity contribution in [2.75, 3.05) is 0 Å². The lowest BCUT2D eigenvalue weighted by molar-refractivity contribution is -0.137. The van der Waals surface area contributed by atoms with Crippen molar-refractivity contribution in [1.29, 1.82) is 0 Å². The summed E-state index contributed by atoms with van der Waals surface area (Å²) in [5.41, 5.74) is 6.52. The van der Waals surface area contributed by atoms with Crippen LogP contribution in [0.25, 0.3) is 0 Å². The highest BCUT2D eigenvalue weighted by Crippen LogP contribution is 2.36. The van der Waals surface area contributed by atoms with Gasteiger partial charge in [0.2, 0.25) is 5.91 Å². The Labute approximate surface area is 198 Å². The fraction of sp³-hybridized carbons (Fsp3) is 0.250. The number of rotatable bonds is 9. The molecular formula is C28H27NO5. The van der Waals surface area contributed by atoms with Crippen molar-refractivity contribution in [3.8, 4) is 0 Å². The van der Waals surface area contributed by atoms with Crippen LogP contribution in [0.4, 0.5) is 0 Å². The van der Waals surface area contributed by atoms with Crippen molar-refractivity contribution in [2.45, 2.75) is 44.1 Å². The number of carboxylic acids is 1. The van der Waals surface area contributed by atoms with Crippen LogP contribution in [-0.4, -0.2) is 22.8 Å². The molecule has 1 atom stereocenters. The maximum atomic E-state index is 12.7. The molecule has 1 unspecified atom stereocenters. The number of fused-ring (bicyclic) bond motifs is 1. The van der Waals surface area contributed by atoms with E-state index < -0.39 is 17.9 Å². The van der Waals surface area contributed by atoms with E-state index in [0.717, 1.165) is 35.1 Å². The third kappa shape index (κ3) is 5.41. The highest BCUT2D eigenvalue weighted by molar-refractivity contribution is 6.40. The molecule has 6 nitrogen and oxygen atoms in total. The second-order valence-corrected chi connectivity index (χ2v) is 8.48. The van der Waals surface area contributed by atoms with Crippen LogP contribution in [0.15, 0.2) is 78.9 Å². The Bertz CT molecular complexity index is 1120. The van der Waals surface area contributed by atoms with Gasteiger partial charge in [-0.2, -0.15) is 0 Å². The van der Waals surface area contributed by atoms with Gasteiger partial charge in [0, 0.05) is 12.0 Å². The molecule has 0 heterocycles. The average Bonchev–Trinajstić information content (AvgIpc) is 2.88. The number of carboxylic acid groups (broad SMARTS) is 1. The smallest absolute Gasteiger partial charge is 0.377 e. The van der Waals surface area contributed by atoms with Gasteiger partial charge in [0.15, 0.2) is 0 Å². The number of hydroxylamine groups is 1. The summed E-state index contributed by atoms with van der Waals surface area (Å²) in [5.74, 6) is -2.45. The molecule has 0 aliphatic heterocycles. The van der Waals surface area contributed by atoms with E-state index in [0.29, 0.717) is 12.8 Å². The number of hydrogen-bond acceptors (Lipinski definition) is 4. The molecule has 6 heteroatoms. The zero-order valence-electron chi connectivity index (χ0n) is 18.8. The van der Waals surface area contributed by atoms with Crippen molar-refractivity contribution in [1.82, 2.24) is 5.48 Å². The number of aliphatic carboxylic acids is 1. The van der Waals surface area contributed by atoms with Gasteiger partial charge in [-0.05, 0) is 53.9 Å². The predicted molar refractivity (Wildman–Crippen MR) is 127 cm³/mol. The van der Waals surface area contributed by atoms with Crippen molar-refractivity contribution in [3.05, 3.63) is 107 Å². The van der Waals surface area contributed by atoms with E-state index in [4.69, 9.17) is 9.94 Å². The number of Topliss-reactive ketones (excluding diaryl/α,β-unsaturated/α-hetero) is 1. The predicted octanol–water partition coefficient (Wildman–Crippen LogP) is 4.99. The first kappa shape index (κ1) is 23.4. The molecule has 1 aliphatic carbocycles. The minimum absolute atomic E-state index is 0.0927. The second kappa shape index (κ2) is 10.9. The molecule has 1 aliphatic rings. The average molecular weight is 458 g/mol. The molecule has 3 aromatic carbocycles. The van der Waals surface area contributed by atoms with Crippen molar-refractivity contribution in [2.24, 2.45) is 0 Å². The summed E-state index contributed by atoms with van der Waals surface area (Å²) in [6, 6.07) is 24.7. The number of carbonyl (C=O) groups is 3. The fourth-order valence-corrected chi connectivity index (χ4v) is 4.64. The number of benzene rings is 3. The number of hydrogen-bond donors (Lipinski definition) is 2. The van der Waals surface area contributed by atoms with Gasteiger partial charge in [-0.15, -0.1) is 0 Å². The summed E-state index contributed by atoms with van der Waals surface area (Å²) in [6.07, 6.45) is 2.84. The summed E-state index contributed by atoms with van der Waals surface area (Å²) < 4.78 is 0. The third-order valence-electron chi connectivity index (χ3n) is 6.29. The summed E-state index contributed by atoms with van der Waals surface area (Å²) in [5, 5.41) is 9.13. The summed E-state index contributed by atoms with van der Waals surface area (Å²) in [7, 11) is 0. The third-order valence-corrected chi connectivity index (χ3v) is 6.29. The van der Waals surface area contributed by atoms with Gasteiger partial charge < -0.3 is 5.11 Å². The highest BCUT2D eigenvalue weighted by atomic mass is 16.7. The largest absolute Gasteiger partial charge is 0.475 e. The van der Waals surface area contributed by atoms with Crippen LogP contribution in [0.5, 0.6) is 0 Å². The summed E-state index contributed by atoms with van der Waals surface area (Å²) >= 11 is 0. The molecule has 0 radical (unpaired) electrons. The van der Waals surface area contributed by atoms with Gasteiger partial charge in [-0.1, -0.05) is 78.9 Å². The molecule has 0 aromatic heterocycles. The Kier molecular flexibility index (Phi) is 7.50. The van der Waals surface area contributed by atoms with Crippen LogP contribution in [0, 0.1) is 0 Å². The molecule has 4 rings (SSSR count). The van der Waals surface area contributed by atoms with Crippen molar-refractivity contribution in [3.63, 3.8) is 0 Å². The van der Waals surface area contributed by atoms with Crippen LogP contribution >= 0.6 is 0 Å². The van der Waals surface area contributed by atoms with E-state index in [9.17, 15) is 14.4 Å². The Hall–Kier alpha value is -3.77. The molecule has 0 spiro atoms. The van der Waals surface area contributed by atoms with Crippen molar-refractivity contribution < 1.29 is 24.3 Å². The SMILES string of the molecule is O=C(CCC1CCCc2c(C(=O)C(=O)O)cccc21)NOC(c1ccccc1)c1ccccc1. The van der Waals surface area contributed by atoms with Gasteiger partial charge in [-0.25, -0.2) is 10.3 Å². The minimum atomic E-state index is -1.45. The Morgan fingerprint density at radius 2 is 1.56 bits per heavy atom. The number of nitrogens with one attached hydrogen (secondary N) is 1. The molecule has 0 saturated heterocycles. The maximum absolute atomic E-state index is 12.7. The standard InChI is InChI=1S/C28H27NO5/c30-25(29-34-27(20-9-3-1-4-10-20)21-11-5-2-6-12-21)18-17-19-13-7-15-23-22(19)14-8-16-24(23)26(31)28(32)33/h1-6,8-12,14,16,19,27H,7,13,15,17-18H2,(H,29,30)(H,32,33).